The molecule has 0 saturated carbocycles. The first-order valence-corrected chi connectivity index (χ1v) is 9.16. The number of aromatic nitrogens is 1. The van der Waals surface area contributed by atoms with Crippen molar-refractivity contribution in [2.75, 3.05) is 0 Å². The lowest BCUT2D eigenvalue weighted by Crippen LogP contribution is -2.05. The van der Waals surface area contributed by atoms with Gasteiger partial charge in [0, 0.05) is 28.3 Å². The van der Waals surface area contributed by atoms with Crippen LogP contribution in [0.5, 0.6) is 5.75 Å². The van der Waals surface area contributed by atoms with E-state index in [1.54, 1.807) is 0 Å². The molecule has 0 unspecified atom stereocenters. The van der Waals surface area contributed by atoms with E-state index in [0.717, 1.165) is 49.8 Å². The Balaban J connectivity index is 1.60. The van der Waals surface area contributed by atoms with Crippen molar-refractivity contribution in [2.24, 2.45) is 0 Å². The Kier molecular flexibility index (Phi) is 3.61. The summed E-state index contributed by atoms with van der Waals surface area (Å²) in [5.74, 6) is 1.01. The Morgan fingerprint density at radius 2 is 1.89 bits per heavy atom. The van der Waals surface area contributed by atoms with Crippen molar-refractivity contribution < 1.29 is 9.53 Å². The number of aromatic amines is 1. The van der Waals surface area contributed by atoms with Crippen LogP contribution in [0.3, 0.4) is 0 Å². The number of hydrogen-bond donors (Lipinski definition) is 1. The Bertz CT molecular complexity index is 1220. The number of benzene rings is 3. The number of ether oxygens (including phenoxy) is 1. The summed E-state index contributed by atoms with van der Waals surface area (Å²) in [6, 6.07) is 18.3. The maximum atomic E-state index is 12.4. The van der Waals surface area contributed by atoms with Crippen molar-refractivity contribution in [3.8, 4) is 5.75 Å². The van der Waals surface area contributed by atoms with Gasteiger partial charge in [-0.3, -0.25) is 4.79 Å². The van der Waals surface area contributed by atoms with Gasteiger partial charge >= 0.3 is 0 Å². The second-order valence-corrected chi connectivity index (χ2v) is 7.02. The van der Waals surface area contributed by atoms with E-state index >= 15 is 0 Å². The third-order valence-corrected chi connectivity index (χ3v) is 5.30. The lowest BCUT2D eigenvalue weighted by molar-refractivity contribution is 0.0994. The topological polar surface area (TPSA) is 42.1 Å². The molecule has 1 aliphatic rings. The van der Waals surface area contributed by atoms with E-state index in [2.05, 4.69) is 36.2 Å². The summed E-state index contributed by atoms with van der Waals surface area (Å²) in [6.45, 7) is 2.61. The van der Waals surface area contributed by atoms with Gasteiger partial charge in [0.1, 0.15) is 12.4 Å². The molecule has 3 aromatic carbocycles. The minimum Gasteiger partial charge on any atom is -0.489 e. The molecule has 1 heterocycles. The fraction of sp³-hybridized carbons (Fsp3) is 0.125. The smallest absolute Gasteiger partial charge is 0.167 e. The van der Waals surface area contributed by atoms with Crippen LogP contribution < -0.4 is 4.74 Å². The van der Waals surface area contributed by atoms with Crippen molar-refractivity contribution in [2.45, 2.75) is 20.0 Å². The number of rotatable bonds is 3. The summed E-state index contributed by atoms with van der Waals surface area (Å²) >= 11 is 0. The number of nitrogens with one attached hydrogen (secondary N) is 1. The molecule has 4 aromatic rings. The number of carbonyl (C=O) groups excluding carboxylic acids is 1. The first-order chi connectivity index (χ1) is 13.2. The Morgan fingerprint density at radius 1 is 1.04 bits per heavy atom. The molecule has 0 amide bonds. The third kappa shape index (κ3) is 2.63. The minimum absolute atomic E-state index is 0.184. The molecule has 3 nitrogen and oxygen atoms in total. The van der Waals surface area contributed by atoms with Crippen LogP contribution in [0.1, 0.15) is 33.5 Å². The summed E-state index contributed by atoms with van der Waals surface area (Å²) < 4.78 is 5.99. The normalized spacial score (nSPS) is 13.3. The zero-order valence-corrected chi connectivity index (χ0v) is 15.1. The van der Waals surface area contributed by atoms with Gasteiger partial charge in [-0.1, -0.05) is 42.5 Å². The fourth-order valence-electron chi connectivity index (χ4n) is 3.87. The molecule has 1 aromatic heterocycles. The van der Waals surface area contributed by atoms with Crippen LogP contribution in [0.25, 0.3) is 27.9 Å². The van der Waals surface area contributed by atoms with Gasteiger partial charge in [-0.05, 0) is 47.9 Å². The number of ketones is 1. The molecule has 0 fully saturated rings. The van der Waals surface area contributed by atoms with Crippen LogP contribution in [0.4, 0.5) is 0 Å². The summed E-state index contributed by atoms with van der Waals surface area (Å²) in [4.78, 5) is 15.9. The molecule has 132 valence electrons. The molecule has 27 heavy (non-hydrogen) atoms. The average Bonchev–Trinajstić information content (AvgIpc) is 3.07. The van der Waals surface area contributed by atoms with E-state index in [9.17, 15) is 4.79 Å². The monoisotopic (exact) mass is 353 g/mol. The summed E-state index contributed by atoms with van der Waals surface area (Å²) in [6.07, 6.45) is 4.48. The predicted molar refractivity (Wildman–Crippen MR) is 109 cm³/mol. The summed E-state index contributed by atoms with van der Waals surface area (Å²) in [5, 5.41) is 2.17. The highest BCUT2D eigenvalue weighted by atomic mass is 16.5. The predicted octanol–water partition coefficient (Wildman–Crippen LogP) is 5.81. The van der Waals surface area contributed by atoms with Crippen LogP contribution in [-0.4, -0.2) is 10.8 Å². The van der Waals surface area contributed by atoms with Gasteiger partial charge in [0.05, 0.1) is 5.52 Å². The lowest BCUT2D eigenvalue weighted by atomic mass is 9.90. The Hall–Kier alpha value is -3.33. The van der Waals surface area contributed by atoms with E-state index in [0.29, 0.717) is 13.0 Å². The number of H-pyrrole nitrogens is 1. The maximum absolute atomic E-state index is 12.4. The van der Waals surface area contributed by atoms with Crippen molar-refractivity contribution in [3.63, 3.8) is 0 Å². The number of fused-ring (bicyclic) bond motifs is 4. The molecule has 0 bridgehead atoms. The molecular formula is C24H19NO2. The average molecular weight is 353 g/mol. The van der Waals surface area contributed by atoms with Gasteiger partial charge < -0.3 is 9.72 Å². The quantitative estimate of drug-likeness (QED) is 0.505. The Labute approximate surface area is 157 Å². The van der Waals surface area contributed by atoms with Gasteiger partial charge in [0.2, 0.25) is 0 Å². The summed E-state index contributed by atoms with van der Waals surface area (Å²) in [5.41, 5.74) is 6.25. The number of carbonyl (C=O) groups is 1. The fourth-order valence-corrected chi connectivity index (χ4v) is 3.87. The first-order valence-electron chi connectivity index (χ1n) is 9.16. The molecule has 3 heteroatoms. The SMILES string of the molecule is Cc1c2c(cc3c1[nH]c1ccc(OCc4ccccc4)cc13)C(=O)CC=C2. The largest absolute Gasteiger partial charge is 0.489 e. The number of allylic oxidation sites excluding steroid dienone is 1. The molecule has 0 radical (unpaired) electrons. The molecular weight excluding hydrogens is 334 g/mol. The van der Waals surface area contributed by atoms with Gasteiger partial charge in [0.25, 0.3) is 0 Å². The number of hydrogen-bond acceptors (Lipinski definition) is 2. The molecule has 1 N–H and O–H groups in total. The van der Waals surface area contributed by atoms with Crippen molar-refractivity contribution in [1.29, 1.82) is 0 Å². The number of aryl methyl sites for hydroxylation is 1. The van der Waals surface area contributed by atoms with Gasteiger partial charge in [-0.25, -0.2) is 0 Å². The van der Waals surface area contributed by atoms with E-state index < -0.39 is 0 Å². The molecule has 0 atom stereocenters. The van der Waals surface area contributed by atoms with Crippen molar-refractivity contribution in [3.05, 3.63) is 82.9 Å². The second-order valence-electron chi connectivity index (χ2n) is 7.02. The van der Waals surface area contributed by atoms with Crippen LogP contribution in [0.15, 0.2) is 60.7 Å². The van der Waals surface area contributed by atoms with Crippen LogP contribution in [-0.2, 0) is 6.61 Å². The van der Waals surface area contributed by atoms with Crippen LogP contribution in [0, 0.1) is 6.92 Å². The van der Waals surface area contributed by atoms with E-state index in [4.69, 9.17) is 4.74 Å². The first kappa shape index (κ1) is 15.9. The van der Waals surface area contributed by atoms with Crippen LogP contribution in [0.2, 0.25) is 0 Å². The van der Waals surface area contributed by atoms with Gasteiger partial charge in [-0.2, -0.15) is 0 Å². The molecule has 0 aliphatic heterocycles. The van der Waals surface area contributed by atoms with Crippen molar-refractivity contribution >= 4 is 33.7 Å². The van der Waals surface area contributed by atoms with Crippen LogP contribution >= 0.6 is 0 Å². The lowest BCUT2D eigenvalue weighted by Gasteiger charge is -2.13. The van der Waals surface area contributed by atoms with E-state index in [1.165, 1.54) is 0 Å². The maximum Gasteiger partial charge on any atom is 0.167 e. The highest BCUT2D eigenvalue weighted by Crippen LogP contribution is 2.35. The molecule has 5 rings (SSSR count). The zero-order valence-electron chi connectivity index (χ0n) is 15.1. The van der Waals surface area contributed by atoms with Gasteiger partial charge in [0.15, 0.2) is 5.78 Å². The van der Waals surface area contributed by atoms with Gasteiger partial charge in [-0.15, -0.1) is 0 Å². The Morgan fingerprint density at radius 3 is 2.74 bits per heavy atom. The third-order valence-electron chi connectivity index (χ3n) is 5.30. The highest BCUT2D eigenvalue weighted by Gasteiger charge is 2.19. The van der Waals surface area contributed by atoms with E-state index in [-0.39, 0.29) is 5.78 Å². The molecule has 0 spiro atoms. The van der Waals surface area contributed by atoms with Crippen molar-refractivity contribution in [1.82, 2.24) is 4.98 Å². The number of Topliss-reactive ketones (excluding diaryl/α,β-unsaturated/α-hetero) is 1. The molecule has 0 saturated heterocycles. The summed E-state index contributed by atoms with van der Waals surface area (Å²) in [7, 11) is 0. The molecule has 1 aliphatic carbocycles. The zero-order chi connectivity index (χ0) is 18.4. The highest BCUT2D eigenvalue weighted by molar-refractivity contribution is 6.14. The standard InChI is InChI=1S/C24H19NO2/c1-15-18-8-5-9-23(26)20(18)13-21-19-12-17(10-11-22(19)25-24(15)21)27-14-16-6-3-2-4-7-16/h2-8,10-13,25H,9,14H2,1H3. The minimum atomic E-state index is 0.184. The van der Waals surface area contributed by atoms with E-state index in [1.807, 2.05) is 42.5 Å². The second kappa shape index (κ2) is 6.13.